The zero-order chi connectivity index (χ0) is 20.9. The van der Waals surface area contributed by atoms with Crippen LogP contribution in [0.3, 0.4) is 0 Å². The summed E-state index contributed by atoms with van der Waals surface area (Å²) in [4.78, 5) is 16.0. The number of methoxy groups -OCH3 is 1. The third-order valence-electron chi connectivity index (χ3n) is 6.01. The number of nitrogens with zero attached hydrogens (tertiary/aromatic N) is 5. The highest BCUT2D eigenvalue weighted by Crippen LogP contribution is 2.26. The van der Waals surface area contributed by atoms with Gasteiger partial charge in [-0.1, -0.05) is 19.8 Å². The predicted octanol–water partition coefficient (Wildman–Crippen LogP) is 4.94. The molecule has 1 saturated heterocycles. The van der Waals surface area contributed by atoms with E-state index < -0.39 is 0 Å². The van der Waals surface area contributed by atoms with Crippen molar-refractivity contribution in [3.05, 3.63) is 36.8 Å². The van der Waals surface area contributed by atoms with Crippen LogP contribution in [0.1, 0.15) is 52.0 Å². The van der Waals surface area contributed by atoms with Gasteiger partial charge >= 0.3 is 0 Å². The molecule has 3 aromatic rings. The van der Waals surface area contributed by atoms with Gasteiger partial charge in [0.05, 0.1) is 11.6 Å². The van der Waals surface area contributed by atoms with E-state index >= 15 is 0 Å². The first-order valence-corrected chi connectivity index (χ1v) is 11.0. The molecular formula is C23H32N6O. The van der Waals surface area contributed by atoms with Crippen molar-refractivity contribution in [3.63, 3.8) is 0 Å². The third-order valence-corrected chi connectivity index (χ3v) is 6.01. The van der Waals surface area contributed by atoms with Crippen molar-refractivity contribution in [2.24, 2.45) is 0 Å². The van der Waals surface area contributed by atoms with Crippen molar-refractivity contribution >= 4 is 28.5 Å². The smallest absolute Gasteiger partial charge is 0.227 e. The molecule has 0 spiro atoms. The second kappa shape index (κ2) is 9.43. The van der Waals surface area contributed by atoms with Crippen LogP contribution in [0.25, 0.3) is 10.9 Å². The standard InChI is InChI=1S/C23H32N6O/c1-4-5-6-17(2)29-14-8-18-16-25-22(15-20(18)29)26-21-7-11-24-23(27-21)28-12-9-19(30-3)10-13-28/h7-8,11,14-17,19H,4-6,9-10,12-13H2,1-3H3,(H,24,25,26,27). The lowest BCUT2D eigenvalue weighted by molar-refractivity contribution is 0.0816. The summed E-state index contributed by atoms with van der Waals surface area (Å²) >= 11 is 0. The van der Waals surface area contributed by atoms with Gasteiger partial charge in [0, 0.05) is 56.3 Å². The molecule has 1 aliphatic heterocycles. The van der Waals surface area contributed by atoms with Crippen LogP contribution in [0.5, 0.6) is 0 Å². The van der Waals surface area contributed by atoms with Crippen molar-refractivity contribution in [2.75, 3.05) is 30.4 Å². The van der Waals surface area contributed by atoms with Crippen molar-refractivity contribution in [1.29, 1.82) is 0 Å². The Bertz CT molecular complexity index is 963. The average Bonchev–Trinajstić information content (AvgIpc) is 3.21. The normalized spacial score (nSPS) is 16.2. The minimum atomic E-state index is 0.342. The summed E-state index contributed by atoms with van der Waals surface area (Å²) in [6.07, 6.45) is 11.9. The van der Waals surface area contributed by atoms with Crippen molar-refractivity contribution < 1.29 is 4.74 Å². The largest absolute Gasteiger partial charge is 0.381 e. The van der Waals surface area contributed by atoms with Crippen molar-refractivity contribution in [3.8, 4) is 0 Å². The maximum Gasteiger partial charge on any atom is 0.227 e. The van der Waals surface area contributed by atoms with Crippen molar-refractivity contribution in [1.82, 2.24) is 19.5 Å². The van der Waals surface area contributed by atoms with E-state index in [0.29, 0.717) is 12.1 Å². The van der Waals surface area contributed by atoms with E-state index in [9.17, 15) is 0 Å². The Labute approximate surface area is 178 Å². The molecule has 1 N–H and O–H groups in total. The first kappa shape index (κ1) is 20.6. The Morgan fingerprint density at radius 1 is 1.20 bits per heavy atom. The maximum atomic E-state index is 5.46. The maximum absolute atomic E-state index is 5.46. The zero-order valence-electron chi connectivity index (χ0n) is 18.2. The molecule has 0 amide bonds. The van der Waals surface area contributed by atoms with Gasteiger partial charge in [0.1, 0.15) is 11.6 Å². The van der Waals surface area contributed by atoms with Gasteiger partial charge in [-0.2, -0.15) is 4.98 Å². The fourth-order valence-corrected chi connectivity index (χ4v) is 4.13. The molecule has 0 aliphatic carbocycles. The SMILES string of the molecule is CCCCC(C)n1ccc2cnc(Nc3ccnc(N4CCC(OC)CC4)n3)cc21. The molecule has 0 radical (unpaired) electrons. The average molecular weight is 409 g/mol. The predicted molar refractivity (Wildman–Crippen MR) is 122 cm³/mol. The van der Waals surface area contributed by atoms with Crippen LogP contribution in [-0.2, 0) is 4.74 Å². The highest BCUT2D eigenvalue weighted by molar-refractivity contribution is 5.82. The van der Waals surface area contributed by atoms with Gasteiger partial charge in [0.25, 0.3) is 0 Å². The molecule has 4 heterocycles. The number of hydrogen-bond donors (Lipinski definition) is 1. The number of rotatable bonds is 8. The lowest BCUT2D eigenvalue weighted by atomic mass is 10.1. The second-order valence-electron chi connectivity index (χ2n) is 8.13. The highest BCUT2D eigenvalue weighted by atomic mass is 16.5. The molecular weight excluding hydrogens is 376 g/mol. The van der Waals surface area contributed by atoms with E-state index in [-0.39, 0.29) is 0 Å². The van der Waals surface area contributed by atoms with Crippen LogP contribution in [0.15, 0.2) is 36.8 Å². The van der Waals surface area contributed by atoms with E-state index in [0.717, 1.165) is 48.9 Å². The molecule has 1 unspecified atom stereocenters. The zero-order valence-corrected chi connectivity index (χ0v) is 18.2. The van der Waals surface area contributed by atoms with Gasteiger partial charge in [0.15, 0.2) is 0 Å². The molecule has 0 bridgehead atoms. The second-order valence-corrected chi connectivity index (χ2v) is 8.13. The minimum Gasteiger partial charge on any atom is -0.381 e. The summed E-state index contributed by atoms with van der Waals surface area (Å²) in [6.45, 7) is 6.35. The molecule has 4 rings (SSSR count). The van der Waals surface area contributed by atoms with Gasteiger partial charge in [0.2, 0.25) is 5.95 Å². The fourth-order valence-electron chi connectivity index (χ4n) is 4.13. The number of ether oxygens (including phenoxy) is 1. The first-order valence-electron chi connectivity index (χ1n) is 11.0. The molecule has 7 nitrogen and oxygen atoms in total. The summed E-state index contributed by atoms with van der Waals surface area (Å²) in [7, 11) is 1.78. The molecule has 1 atom stereocenters. The fraction of sp³-hybridized carbons (Fsp3) is 0.522. The van der Waals surface area contributed by atoms with Crippen LogP contribution in [-0.4, -0.2) is 45.8 Å². The number of unbranched alkanes of at least 4 members (excludes halogenated alkanes) is 1. The summed E-state index contributed by atoms with van der Waals surface area (Å²) < 4.78 is 7.81. The molecule has 30 heavy (non-hydrogen) atoms. The Hall–Kier alpha value is -2.67. The van der Waals surface area contributed by atoms with Crippen LogP contribution in [0, 0.1) is 0 Å². The Balaban J connectivity index is 1.50. The quantitative estimate of drug-likeness (QED) is 0.570. The Morgan fingerprint density at radius 2 is 2.03 bits per heavy atom. The molecule has 0 saturated carbocycles. The number of fused-ring (bicyclic) bond motifs is 1. The van der Waals surface area contributed by atoms with Crippen LogP contribution >= 0.6 is 0 Å². The van der Waals surface area contributed by atoms with E-state index in [1.807, 2.05) is 12.3 Å². The summed E-state index contributed by atoms with van der Waals surface area (Å²) in [5.41, 5.74) is 1.20. The van der Waals surface area contributed by atoms with Gasteiger partial charge in [-0.05, 0) is 38.3 Å². The number of aromatic nitrogens is 4. The number of pyridine rings is 1. The van der Waals surface area contributed by atoms with Crippen LogP contribution in [0.4, 0.5) is 17.6 Å². The number of hydrogen-bond acceptors (Lipinski definition) is 6. The summed E-state index contributed by atoms with van der Waals surface area (Å²) in [6, 6.07) is 6.61. The summed E-state index contributed by atoms with van der Waals surface area (Å²) in [5, 5.41) is 4.53. The number of anilines is 3. The third kappa shape index (κ3) is 4.56. The molecule has 1 aliphatic rings. The highest BCUT2D eigenvalue weighted by Gasteiger charge is 2.20. The molecule has 1 fully saturated rings. The number of nitrogens with one attached hydrogen (secondary N) is 1. The van der Waals surface area contributed by atoms with Gasteiger partial charge in [-0.3, -0.25) is 0 Å². The first-order chi connectivity index (χ1) is 14.7. The Morgan fingerprint density at radius 3 is 2.80 bits per heavy atom. The van der Waals surface area contributed by atoms with E-state index in [4.69, 9.17) is 9.72 Å². The monoisotopic (exact) mass is 408 g/mol. The lowest BCUT2D eigenvalue weighted by Gasteiger charge is -2.31. The van der Waals surface area contributed by atoms with Crippen molar-refractivity contribution in [2.45, 2.75) is 58.1 Å². The molecule has 3 aromatic heterocycles. The van der Waals surface area contributed by atoms with E-state index in [2.05, 4.69) is 56.9 Å². The lowest BCUT2D eigenvalue weighted by Crippen LogP contribution is -2.37. The van der Waals surface area contributed by atoms with E-state index in [1.165, 1.54) is 24.8 Å². The molecule has 160 valence electrons. The summed E-state index contributed by atoms with van der Waals surface area (Å²) in [5.74, 6) is 2.32. The minimum absolute atomic E-state index is 0.342. The van der Waals surface area contributed by atoms with Crippen LogP contribution in [0.2, 0.25) is 0 Å². The Kier molecular flexibility index (Phi) is 6.47. The van der Waals surface area contributed by atoms with Gasteiger partial charge < -0.3 is 19.5 Å². The molecule has 7 heteroatoms. The molecule has 0 aromatic carbocycles. The van der Waals surface area contributed by atoms with Gasteiger partial charge in [-0.25, -0.2) is 9.97 Å². The topological polar surface area (TPSA) is 68.1 Å². The van der Waals surface area contributed by atoms with Gasteiger partial charge in [-0.15, -0.1) is 0 Å². The van der Waals surface area contributed by atoms with E-state index in [1.54, 1.807) is 13.3 Å². The number of piperidine rings is 1. The van der Waals surface area contributed by atoms with Crippen LogP contribution < -0.4 is 10.2 Å².